The van der Waals surface area contributed by atoms with Crippen LogP contribution in [-0.2, 0) is 6.54 Å². The van der Waals surface area contributed by atoms with Gasteiger partial charge in [0.05, 0.1) is 23.6 Å². The van der Waals surface area contributed by atoms with Gasteiger partial charge in [-0.25, -0.2) is 4.98 Å². The number of aromatic nitrogens is 2. The van der Waals surface area contributed by atoms with Crippen LogP contribution in [0.5, 0.6) is 0 Å². The third-order valence-corrected chi connectivity index (χ3v) is 3.59. The lowest BCUT2D eigenvalue weighted by Gasteiger charge is -2.10. The fourth-order valence-electron chi connectivity index (χ4n) is 1.46. The van der Waals surface area contributed by atoms with Crippen molar-refractivity contribution in [1.29, 1.82) is 0 Å². The monoisotopic (exact) mass is 248 g/mol. The second-order valence-electron chi connectivity index (χ2n) is 4.01. The van der Waals surface area contributed by atoms with Gasteiger partial charge in [0.25, 0.3) is 0 Å². The SMILES string of the molecule is Cc1csc(C(C)NCc2ccc(N)cn2)n1. The Kier molecular flexibility index (Phi) is 3.71. The van der Waals surface area contributed by atoms with E-state index in [-0.39, 0.29) is 6.04 Å². The van der Waals surface area contributed by atoms with Gasteiger partial charge in [0, 0.05) is 17.6 Å². The molecule has 4 nitrogen and oxygen atoms in total. The average Bonchev–Trinajstić information content (AvgIpc) is 2.75. The minimum Gasteiger partial charge on any atom is -0.397 e. The van der Waals surface area contributed by atoms with Crippen LogP contribution in [0.2, 0.25) is 0 Å². The summed E-state index contributed by atoms with van der Waals surface area (Å²) < 4.78 is 0. The van der Waals surface area contributed by atoms with Gasteiger partial charge in [-0.05, 0) is 26.0 Å². The van der Waals surface area contributed by atoms with Crippen LogP contribution < -0.4 is 11.1 Å². The molecule has 2 aromatic rings. The van der Waals surface area contributed by atoms with E-state index in [1.54, 1.807) is 17.5 Å². The van der Waals surface area contributed by atoms with E-state index in [2.05, 4.69) is 27.6 Å². The molecule has 2 aromatic heterocycles. The number of hydrogen-bond acceptors (Lipinski definition) is 5. The van der Waals surface area contributed by atoms with Gasteiger partial charge in [0.1, 0.15) is 5.01 Å². The van der Waals surface area contributed by atoms with Gasteiger partial charge in [-0.1, -0.05) is 0 Å². The molecular weight excluding hydrogens is 232 g/mol. The molecule has 0 amide bonds. The number of nitrogens with one attached hydrogen (secondary N) is 1. The van der Waals surface area contributed by atoms with E-state index in [0.29, 0.717) is 5.69 Å². The first-order valence-electron chi connectivity index (χ1n) is 5.51. The molecule has 90 valence electrons. The smallest absolute Gasteiger partial charge is 0.110 e. The molecule has 0 fully saturated rings. The Morgan fingerprint density at radius 3 is 2.88 bits per heavy atom. The lowest BCUT2D eigenvalue weighted by Crippen LogP contribution is -2.18. The van der Waals surface area contributed by atoms with Gasteiger partial charge in [-0.15, -0.1) is 11.3 Å². The summed E-state index contributed by atoms with van der Waals surface area (Å²) in [6.45, 7) is 4.84. The summed E-state index contributed by atoms with van der Waals surface area (Å²) in [7, 11) is 0. The third-order valence-electron chi connectivity index (χ3n) is 2.44. The predicted octanol–water partition coefficient (Wildman–Crippen LogP) is 2.28. The highest BCUT2D eigenvalue weighted by molar-refractivity contribution is 7.09. The van der Waals surface area contributed by atoms with E-state index in [1.807, 2.05) is 19.1 Å². The van der Waals surface area contributed by atoms with E-state index in [1.165, 1.54) is 0 Å². The molecule has 0 aliphatic carbocycles. The Hall–Kier alpha value is -1.46. The molecule has 0 aliphatic heterocycles. The zero-order valence-corrected chi connectivity index (χ0v) is 10.8. The third kappa shape index (κ3) is 3.25. The fourth-order valence-corrected chi connectivity index (χ4v) is 2.28. The maximum atomic E-state index is 5.59. The van der Waals surface area contributed by atoms with Crippen molar-refractivity contribution >= 4 is 17.0 Å². The summed E-state index contributed by atoms with van der Waals surface area (Å²) >= 11 is 1.68. The van der Waals surface area contributed by atoms with Gasteiger partial charge < -0.3 is 11.1 Å². The molecule has 0 radical (unpaired) electrons. The molecular formula is C12H16N4S. The van der Waals surface area contributed by atoms with E-state index >= 15 is 0 Å². The van der Waals surface area contributed by atoms with Crippen LogP contribution in [0, 0.1) is 6.92 Å². The molecule has 3 N–H and O–H groups in total. The van der Waals surface area contributed by atoms with Gasteiger partial charge in [0.2, 0.25) is 0 Å². The molecule has 5 heteroatoms. The maximum absolute atomic E-state index is 5.59. The van der Waals surface area contributed by atoms with Gasteiger partial charge in [-0.3, -0.25) is 4.98 Å². The number of rotatable bonds is 4. The highest BCUT2D eigenvalue weighted by atomic mass is 32.1. The van der Waals surface area contributed by atoms with Crippen LogP contribution >= 0.6 is 11.3 Å². The van der Waals surface area contributed by atoms with Crippen molar-refractivity contribution in [1.82, 2.24) is 15.3 Å². The number of anilines is 1. The molecule has 0 aromatic carbocycles. The second-order valence-corrected chi connectivity index (χ2v) is 4.90. The molecule has 1 unspecified atom stereocenters. The number of pyridine rings is 1. The first-order chi connectivity index (χ1) is 8.15. The van der Waals surface area contributed by atoms with E-state index in [0.717, 1.165) is 22.9 Å². The van der Waals surface area contributed by atoms with Gasteiger partial charge >= 0.3 is 0 Å². The number of hydrogen-bond donors (Lipinski definition) is 2. The number of thiazole rings is 1. The summed E-state index contributed by atoms with van der Waals surface area (Å²) in [5.74, 6) is 0. The van der Waals surface area contributed by atoms with Crippen molar-refractivity contribution in [2.45, 2.75) is 26.4 Å². The first-order valence-corrected chi connectivity index (χ1v) is 6.39. The number of nitrogen functional groups attached to an aromatic ring is 1. The summed E-state index contributed by atoms with van der Waals surface area (Å²) in [4.78, 5) is 8.70. The van der Waals surface area contributed by atoms with Crippen LogP contribution in [0.25, 0.3) is 0 Å². The number of nitrogens with two attached hydrogens (primary N) is 1. The van der Waals surface area contributed by atoms with Crippen molar-refractivity contribution < 1.29 is 0 Å². The average molecular weight is 248 g/mol. The molecule has 0 saturated heterocycles. The van der Waals surface area contributed by atoms with Crippen LogP contribution in [0.15, 0.2) is 23.7 Å². The van der Waals surface area contributed by atoms with Crippen molar-refractivity contribution in [3.05, 3.63) is 40.1 Å². The van der Waals surface area contributed by atoms with Crippen molar-refractivity contribution in [3.63, 3.8) is 0 Å². The highest BCUT2D eigenvalue weighted by Crippen LogP contribution is 2.17. The van der Waals surface area contributed by atoms with Crippen molar-refractivity contribution in [3.8, 4) is 0 Å². The predicted molar refractivity (Wildman–Crippen MR) is 70.8 cm³/mol. The molecule has 0 bridgehead atoms. The maximum Gasteiger partial charge on any atom is 0.110 e. The Bertz CT molecular complexity index is 478. The van der Waals surface area contributed by atoms with Gasteiger partial charge in [-0.2, -0.15) is 0 Å². The van der Waals surface area contributed by atoms with E-state index in [9.17, 15) is 0 Å². The highest BCUT2D eigenvalue weighted by Gasteiger charge is 2.08. The van der Waals surface area contributed by atoms with Crippen LogP contribution in [-0.4, -0.2) is 9.97 Å². The van der Waals surface area contributed by atoms with Crippen LogP contribution in [0.1, 0.15) is 29.4 Å². The normalized spacial score (nSPS) is 12.6. The topological polar surface area (TPSA) is 63.8 Å². The number of aryl methyl sites for hydroxylation is 1. The molecule has 17 heavy (non-hydrogen) atoms. The Balaban J connectivity index is 1.92. The Labute approximate surface area is 105 Å². The summed E-state index contributed by atoms with van der Waals surface area (Å²) in [6.07, 6.45) is 1.68. The van der Waals surface area contributed by atoms with E-state index in [4.69, 9.17) is 5.73 Å². The van der Waals surface area contributed by atoms with E-state index < -0.39 is 0 Å². The van der Waals surface area contributed by atoms with Crippen molar-refractivity contribution in [2.75, 3.05) is 5.73 Å². The molecule has 1 atom stereocenters. The first kappa shape index (κ1) is 12.0. The lowest BCUT2D eigenvalue weighted by molar-refractivity contribution is 0.564. The summed E-state index contributed by atoms with van der Waals surface area (Å²) in [5.41, 5.74) is 8.34. The largest absolute Gasteiger partial charge is 0.397 e. The van der Waals surface area contributed by atoms with Crippen LogP contribution in [0.4, 0.5) is 5.69 Å². The Morgan fingerprint density at radius 1 is 1.47 bits per heavy atom. The molecule has 0 saturated carbocycles. The standard InChI is InChI=1S/C12H16N4S/c1-8-7-17-12(16-8)9(2)14-6-11-4-3-10(13)5-15-11/h3-5,7,9,14H,6,13H2,1-2H3. The van der Waals surface area contributed by atoms with Gasteiger partial charge in [0.15, 0.2) is 0 Å². The van der Waals surface area contributed by atoms with Crippen molar-refractivity contribution in [2.24, 2.45) is 0 Å². The molecule has 0 aliphatic rings. The minimum atomic E-state index is 0.244. The quantitative estimate of drug-likeness (QED) is 0.871. The zero-order chi connectivity index (χ0) is 12.3. The molecule has 2 heterocycles. The van der Waals surface area contributed by atoms with Crippen LogP contribution in [0.3, 0.4) is 0 Å². The summed E-state index contributed by atoms with van der Waals surface area (Å²) in [5, 5.41) is 6.57. The number of nitrogens with zero attached hydrogens (tertiary/aromatic N) is 2. The molecule has 0 spiro atoms. The Morgan fingerprint density at radius 2 is 2.29 bits per heavy atom. The summed E-state index contributed by atoms with van der Waals surface area (Å²) in [6, 6.07) is 4.04. The zero-order valence-electron chi connectivity index (χ0n) is 9.97. The minimum absolute atomic E-state index is 0.244. The second kappa shape index (κ2) is 5.25. The molecule has 2 rings (SSSR count). The fraction of sp³-hybridized carbons (Fsp3) is 0.333. The lowest BCUT2D eigenvalue weighted by atomic mass is 10.3.